The molecule has 4 heterocycles. The molecule has 8 nitrogen and oxygen atoms in total. The number of ether oxygens (including phenoxy) is 2. The van der Waals surface area contributed by atoms with E-state index in [-0.39, 0.29) is 10.8 Å². The SMILES string of the molecule is CC(C)(C)c1cc(Oc2ccnc(-c3cc(Oc4cc(-[n+]5[c-]n(-c6ccccc6)c6ccccc65)cc(C(C)(C)C)c4)ccn3)c2)cc(-[n+]2[c-]n(-c3ccccc3)c3ccccc32)c1. The molecule has 10 rings (SSSR count). The van der Waals surface area contributed by atoms with E-state index in [4.69, 9.17) is 19.4 Å². The summed E-state index contributed by atoms with van der Waals surface area (Å²) < 4.78 is 21.8. The molecule has 10 aromatic rings. The van der Waals surface area contributed by atoms with Crippen molar-refractivity contribution >= 4 is 22.1 Å². The topological polar surface area (TPSA) is 61.9 Å². The van der Waals surface area contributed by atoms with Gasteiger partial charge in [-0.15, -0.1) is 0 Å². The highest BCUT2D eigenvalue weighted by Crippen LogP contribution is 2.35. The fraction of sp³-hybridized carbons (Fsp3) is 0.143. The van der Waals surface area contributed by atoms with Gasteiger partial charge < -0.3 is 9.47 Å². The maximum Gasteiger partial charge on any atom is 0.269 e. The van der Waals surface area contributed by atoms with Crippen LogP contribution in [-0.4, -0.2) is 19.1 Å². The highest BCUT2D eigenvalue weighted by molar-refractivity contribution is 5.75. The maximum atomic E-state index is 6.69. The van der Waals surface area contributed by atoms with E-state index in [0.29, 0.717) is 34.4 Å². The van der Waals surface area contributed by atoms with Crippen LogP contribution in [0.2, 0.25) is 0 Å². The molecule has 0 atom stereocenters. The van der Waals surface area contributed by atoms with Crippen LogP contribution in [0.25, 0.3) is 56.2 Å². The van der Waals surface area contributed by atoms with Crippen LogP contribution < -0.4 is 18.6 Å². The number of para-hydroxylation sites is 6. The van der Waals surface area contributed by atoms with E-state index in [1.54, 1.807) is 12.4 Å². The van der Waals surface area contributed by atoms with Crippen LogP contribution in [0.5, 0.6) is 23.0 Å². The molecule has 0 saturated carbocycles. The summed E-state index contributed by atoms with van der Waals surface area (Å²) >= 11 is 0. The zero-order valence-corrected chi connectivity index (χ0v) is 36.8. The van der Waals surface area contributed by atoms with E-state index < -0.39 is 0 Å². The van der Waals surface area contributed by atoms with E-state index in [0.717, 1.165) is 55.9 Å². The van der Waals surface area contributed by atoms with E-state index in [9.17, 15) is 0 Å². The molecule has 0 aliphatic heterocycles. The van der Waals surface area contributed by atoms with E-state index in [1.807, 2.05) is 60.7 Å². The molecule has 4 aromatic heterocycles. The molecule has 0 N–H and O–H groups in total. The normalized spacial score (nSPS) is 11.9. The molecule has 0 fully saturated rings. The number of nitrogens with zero attached hydrogens (tertiary/aromatic N) is 6. The smallest absolute Gasteiger partial charge is 0.269 e. The van der Waals surface area contributed by atoms with E-state index in [1.165, 1.54) is 0 Å². The van der Waals surface area contributed by atoms with Crippen LogP contribution in [0, 0.1) is 12.7 Å². The number of fused-ring (bicyclic) bond motifs is 2. The summed E-state index contributed by atoms with van der Waals surface area (Å²) in [6.07, 6.45) is 10.8. The second-order valence-corrected chi connectivity index (χ2v) is 18.1. The molecule has 0 radical (unpaired) electrons. The molecule has 0 spiro atoms. The summed E-state index contributed by atoms with van der Waals surface area (Å²) in [6, 6.07) is 57.7. The standard InChI is InChI=1S/C56H48N6O2/c1-55(2,3)39-29-43(61-37-59(41-17-9-7-10-18-41)51-21-13-15-23-53(51)61)33-47(31-39)63-45-25-27-57-49(35-45)50-36-46(26-28-58-50)64-48-32-40(56(4,5)6)30-44(34-48)62-38-60(42-19-11-8-12-20-42)52-22-14-16-24-54(52)62/h7-36H,1-6H3. The van der Waals surface area contributed by atoms with Crippen LogP contribution in [-0.2, 0) is 10.8 Å². The summed E-state index contributed by atoms with van der Waals surface area (Å²) in [5.74, 6) is 2.69. The van der Waals surface area contributed by atoms with Gasteiger partial charge in [0, 0.05) is 24.5 Å². The fourth-order valence-electron chi connectivity index (χ4n) is 7.95. The Hall–Kier alpha value is -7.84. The maximum absolute atomic E-state index is 6.69. The Kier molecular flexibility index (Phi) is 10.1. The quantitative estimate of drug-likeness (QED) is 0.107. The third kappa shape index (κ3) is 8.02. The van der Waals surface area contributed by atoms with Crippen LogP contribution in [0.15, 0.2) is 182 Å². The molecule has 0 unspecified atom stereocenters. The summed E-state index contributed by atoms with van der Waals surface area (Å²) in [7, 11) is 0. The second kappa shape index (κ2) is 16.1. The van der Waals surface area contributed by atoms with Gasteiger partial charge in [0.1, 0.15) is 23.0 Å². The van der Waals surface area contributed by atoms with Crippen LogP contribution in [0.4, 0.5) is 0 Å². The highest BCUT2D eigenvalue weighted by atomic mass is 16.5. The van der Waals surface area contributed by atoms with Gasteiger partial charge in [-0.1, -0.05) is 126 Å². The van der Waals surface area contributed by atoms with Gasteiger partial charge in [0.25, 0.3) is 12.7 Å². The number of imidazole rings is 2. The highest BCUT2D eigenvalue weighted by Gasteiger charge is 2.21. The first-order valence-electron chi connectivity index (χ1n) is 21.6. The first kappa shape index (κ1) is 40.2. The number of pyridine rings is 2. The second-order valence-electron chi connectivity index (χ2n) is 18.1. The summed E-state index contributed by atoms with van der Waals surface area (Å²) in [5.41, 5.74) is 11.5. The summed E-state index contributed by atoms with van der Waals surface area (Å²) in [5, 5.41) is 0. The Morgan fingerprint density at radius 1 is 0.422 bits per heavy atom. The predicted molar refractivity (Wildman–Crippen MR) is 252 cm³/mol. The van der Waals surface area contributed by atoms with Gasteiger partial charge in [-0.25, -0.2) is 0 Å². The fourth-order valence-corrected chi connectivity index (χ4v) is 7.95. The molecule has 0 saturated heterocycles. The molecular formula is C56H48N6O2. The lowest BCUT2D eigenvalue weighted by Gasteiger charge is -2.22. The Morgan fingerprint density at radius 2 is 0.812 bits per heavy atom. The molecule has 8 heteroatoms. The molecule has 314 valence electrons. The van der Waals surface area contributed by atoms with Crippen molar-refractivity contribution in [3.63, 3.8) is 0 Å². The minimum Gasteiger partial charge on any atom is -0.458 e. The van der Waals surface area contributed by atoms with Crippen LogP contribution in [0.3, 0.4) is 0 Å². The van der Waals surface area contributed by atoms with Crippen molar-refractivity contribution in [1.82, 2.24) is 19.1 Å². The minimum atomic E-state index is -0.147. The van der Waals surface area contributed by atoms with Gasteiger partial charge >= 0.3 is 0 Å². The summed E-state index contributed by atoms with van der Waals surface area (Å²) in [4.78, 5) is 9.45. The average molecular weight is 837 g/mol. The van der Waals surface area contributed by atoms with Crippen LogP contribution >= 0.6 is 0 Å². The van der Waals surface area contributed by atoms with Crippen molar-refractivity contribution in [3.8, 4) is 57.1 Å². The number of benzene rings is 6. The molecule has 64 heavy (non-hydrogen) atoms. The average Bonchev–Trinajstić information content (AvgIpc) is 3.89. The van der Waals surface area contributed by atoms with Crippen molar-refractivity contribution < 1.29 is 18.6 Å². The van der Waals surface area contributed by atoms with Crippen LogP contribution in [0.1, 0.15) is 52.7 Å². The van der Waals surface area contributed by atoms with Gasteiger partial charge in [-0.3, -0.25) is 28.2 Å². The molecule has 0 aliphatic carbocycles. The first-order chi connectivity index (χ1) is 30.9. The van der Waals surface area contributed by atoms with Crippen molar-refractivity contribution in [2.75, 3.05) is 0 Å². The van der Waals surface area contributed by atoms with Gasteiger partial charge in [0.15, 0.2) is 0 Å². The van der Waals surface area contributed by atoms with Gasteiger partial charge in [-0.05, 0) is 94.8 Å². The number of hydrogen-bond donors (Lipinski definition) is 0. The molecular weight excluding hydrogens is 789 g/mol. The lowest BCUT2D eigenvalue weighted by Crippen LogP contribution is -2.30. The Balaban J connectivity index is 0.969. The summed E-state index contributed by atoms with van der Waals surface area (Å²) in [6.45, 7) is 13.3. The number of rotatable bonds is 9. The number of hydrogen-bond acceptors (Lipinski definition) is 4. The van der Waals surface area contributed by atoms with Gasteiger partial charge in [0.2, 0.25) is 0 Å². The molecule has 0 amide bonds. The van der Waals surface area contributed by atoms with Gasteiger partial charge in [-0.2, -0.15) is 0 Å². The largest absolute Gasteiger partial charge is 0.458 e. The predicted octanol–water partition coefficient (Wildman–Crippen LogP) is 12.4. The molecule has 0 bridgehead atoms. The van der Waals surface area contributed by atoms with Gasteiger partial charge in [0.05, 0.1) is 56.2 Å². The van der Waals surface area contributed by atoms with Crippen molar-refractivity contribution in [1.29, 1.82) is 0 Å². The zero-order valence-electron chi connectivity index (χ0n) is 36.8. The van der Waals surface area contributed by atoms with Crippen molar-refractivity contribution in [3.05, 3.63) is 206 Å². The molecule has 6 aromatic carbocycles. The third-order valence-corrected chi connectivity index (χ3v) is 11.4. The van der Waals surface area contributed by atoms with E-state index in [2.05, 4.69) is 182 Å². The van der Waals surface area contributed by atoms with Crippen molar-refractivity contribution in [2.24, 2.45) is 0 Å². The van der Waals surface area contributed by atoms with Crippen molar-refractivity contribution in [2.45, 2.75) is 52.4 Å². The zero-order chi connectivity index (χ0) is 44.0. The monoisotopic (exact) mass is 836 g/mol. The first-order valence-corrected chi connectivity index (χ1v) is 21.6. The Labute approximate surface area is 373 Å². The van der Waals surface area contributed by atoms with E-state index >= 15 is 0 Å². The lowest BCUT2D eigenvalue weighted by atomic mass is 9.86. The Bertz CT molecular complexity index is 3080. The number of aromatic nitrogens is 6. The minimum absolute atomic E-state index is 0.147. The Morgan fingerprint density at radius 3 is 1.22 bits per heavy atom. The third-order valence-electron chi connectivity index (χ3n) is 11.4. The lowest BCUT2D eigenvalue weighted by molar-refractivity contribution is -0.572. The molecule has 0 aliphatic rings.